The summed E-state index contributed by atoms with van der Waals surface area (Å²) < 4.78 is 23.2. The highest BCUT2D eigenvalue weighted by molar-refractivity contribution is 7.92. The van der Waals surface area contributed by atoms with Crippen molar-refractivity contribution < 1.29 is 13.2 Å². The number of aryl methyl sites for hydroxylation is 1. The van der Waals surface area contributed by atoms with E-state index in [9.17, 15) is 13.2 Å². The first kappa shape index (κ1) is 14.7. The van der Waals surface area contributed by atoms with Gasteiger partial charge < -0.3 is 11.1 Å². The fourth-order valence-corrected chi connectivity index (χ4v) is 2.95. The van der Waals surface area contributed by atoms with Crippen LogP contribution in [0.3, 0.4) is 0 Å². The number of carbonyl (C=O) groups is 1. The summed E-state index contributed by atoms with van der Waals surface area (Å²) in [5, 5.41) is 2.58. The van der Waals surface area contributed by atoms with Crippen LogP contribution in [0.15, 0.2) is 24.3 Å². The van der Waals surface area contributed by atoms with Crippen molar-refractivity contribution >= 4 is 21.4 Å². The van der Waals surface area contributed by atoms with Crippen molar-refractivity contribution in [3.8, 4) is 0 Å². The van der Waals surface area contributed by atoms with Gasteiger partial charge in [-0.1, -0.05) is 18.2 Å². The van der Waals surface area contributed by atoms with Crippen LogP contribution in [0.25, 0.3) is 0 Å². The van der Waals surface area contributed by atoms with Crippen LogP contribution in [0.2, 0.25) is 0 Å². The van der Waals surface area contributed by atoms with Crippen molar-refractivity contribution in [1.82, 2.24) is 0 Å². The Morgan fingerprint density at radius 1 is 1.39 bits per heavy atom. The van der Waals surface area contributed by atoms with Crippen molar-refractivity contribution in [3.05, 3.63) is 29.8 Å². The molecule has 0 heterocycles. The SMILES string of the molecule is Cc1ccccc1NC(=O)CS(=O)(=O)CC(C)N. The van der Waals surface area contributed by atoms with Crippen LogP contribution in [-0.2, 0) is 14.6 Å². The Balaban J connectivity index is 2.66. The van der Waals surface area contributed by atoms with Gasteiger partial charge in [0.25, 0.3) is 0 Å². The van der Waals surface area contributed by atoms with Gasteiger partial charge in [-0.2, -0.15) is 0 Å². The first-order chi connectivity index (χ1) is 8.30. The smallest absolute Gasteiger partial charge is 0.239 e. The molecule has 0 aromatic heterocycles. The minimum absolute atomic E-state index is 0.186. The van der Waals surface area contributed by atoms with Crippen LogP contribution < -0.4 is 11.1 Å². The van der Waals surface area contributed by atoms with Crippen molar-refractivity contribution in [2.75, 3.05) is 16.8 Å². The summed E-state index contributed by atoms with van der Waals surface area (Å²) in [5.41, 5.74) is 6.93. The Morgan fingerprint density at radius 2 is 2.00 bits per heavy atom. The molecule has 1 amide bonds. The van der Waals surface area contributed by atoms with Gasteiger partial charge in [0.05, 0.1) is 5.75 Å². The second kappa shape index (κ2) is 5.97. The molecule has 0 saturated heterocycles. The molecular formula is C12H18N2O3S. The molecule has 0 spiro atoms. The van der Waals surface area contributed by atoms with Gasteiger partial charge in [0.15, 0.2) is 9.84 Å². The van der Waals surface area contributed by atoms with Gasteiger partial charge in [-0.15, -0.1) is 0 Å². The second-order valence-corrected chi connectivity index (χ2v) is 6.50. The van der Waals surface area contributed by atoms with Crippen molar-refractivity contribution in [1.29, 1.82) is 0 Å². The number of anilines is 1. The van der Waals surface area contributed by atoms with Crippen LogP contribution >= 0.6 is 0 Å². The Bertz CT molecular complexity index is 524. The van der Waals surface area contributed by atoms with E-state index in [4.69, 9.17) is 5.73 Å². The molecule has 0 fully saturated rings. The van der Waals surface area contributed by atoms with Crippen LogP contribution in [-0.4, -0.2) is 31.9 Å². The van der Waals surface area contributed by atoms with Gasteiger partial charge in [-0.05, 0) is 25.5 Å². The molecule has 1 aromatic rings. The summed E-state index contributed by atoms with van der Waals surface area (Å²) in [7, 11) is -3.45. The largest absolute Gasteiger partial charge is 0.327 e. The molecule has 18 heavy (non-hydrogen) atoms. The van der Waals surface area contributed by atoms with E-state index in [0.29, 0.717) is 5.69 Å². The zero-order chi connectivity index (χ0) is 13.8. The Hall–Kier alpha value is -1.40. The monoisotopic (exact) mass is 270 g/mol. The summed E-state index contributed by atoms with van der Waals surface area (Å²) >= 11 is 0. The Kier molecular flexibility index (Phi) is 4.86. The highest BCUT2D eigenvalue weighted by atomic mass is 32.2. The Morgan fingerprint density at radius 3 is 2.56 bits per heavy atom. The molecule has 1 aromatic carbocycles. The lowest BCUT2D eigenvalue weighted by atomic mass is 10.2. The van der Waals surface area contributed by atoms with Gasteiger partial charge in [-0.3, -0.25) is 4.79 Å². The molecule has 100 valence electrons. The molecule has 0 aliphatic carbocycles. The summed E-state index contributed by atoms with van der Waals surface area (Å²) in [5.74, 6) is -1.26. The van der Waals surface area contributed by atoms with Gasteiger partial charge in [0.1, 0.15) is 5.75 Å². The Labute approximate surface area is 107 Å². The van der Waals surface area contributed by atoms with Crippen molar-refractivity contribution in [3.63, 3.8) is 0 Å². The third-order valence-electron chi connectivity index (χ3n) is 2.29. The maximum absolute atomic E-state index is 11.6. The molecule has 6 heteroatoms. The quantitative estimate of drug-likeness (QED) is 0.824. The van der Waals surface area contributed by atoms with Crippen LogP contribution in [0.1, 0.15) is 12.5 Å². The van der Waals surface area contributed by atoms with Crippen molar-refractivity contribution in [2.45, 2.75) is 19.9 Å². The maximum Gasteiger partial charge on any atom is 0.239 e. The number of hydrogen-bond donors (Lipinski definition) is 2. The maximum atomic E-state index is 11.6. The molecule has 1 atom stereocenters. The topological polar surface area (TPSA) is 89.3 Å². The van der Waals surface area contributed by atoms with E-state index in [-0.39, 0.29) is 5.75 Å². The highest BCUT2D eigenvalue weighted by Gasteiger charge is 2.18. The first-order valence-corrected chi connectivity index (χ1v) is 7.44. The number of rotatable bonds is 5. The molecule has 0 radical (unpaired) electrons. The minimum Gasteiger partial charge on any atom is -0.327 e. The number of benzene rings is 1. The summed E-state index contributed by atoms with van der Waals surface area (Å²) in [4.78, 5) is 11.6. The highest BCUT2D eigenvalue weighted by Crippen LogP contribution is 2.13. The normalized spacial score (nSPS) is 13.1. The molecule has 0 saturated carbocycles. The fourth-order valence-electron chi connectivity index (χ4n) is 1.56. The number of carbonyl (C=O) groups excluding carboxylic acids is 1. The van der Waals surface area contributed by atoms with E-state index in [1.54, 1.807) is 19.1 Å². The number of hydrogen-bond acceptors (Lipinski definition) is 4. The first-order valence-electron chi connectivity index (χ1n) is 5.61. The number of para-hydroxylation sites is 1. The molecular weight excluding hydrogens is 252 g/mol. The van der Waals surface area contributed by atoms with E-state index in [0.717, 1.165) is 5.56 Å². The van der Waals surface area contributed by atoms with E-state index in [1.807, 2.05) is 19.1 Å². The van der Waals surface area contributed by atoms with Gasteiger partial charge in [0, 0.05) is 11.7 Å². The minimum atomic E-state index is -3.45. The third kappa shape index (κ3) is 4.85. The zero-order valence-electron chi connectivity index (χ0n) is 10.5. The van der Waals surface area contributed by atoms with E-state index in [2.05, 4.69) is 5.32 Å². The van der Waals surface area contributed by atoms with E-state index in [1.165, 1.54) is 0 Å². The molecule has 5 nitrogen and oxygen atoms in total. The average molecular weight is 270 g/mol. The zero-order valence-corrected chi connectivity index (χ0v) is 11.3. The third-order valence-corrected chi connectivity index (χ3v) is 4.02. The van der Waals surface area contributed by atoms with E-state index < -0.39 is 27.5 Å². The number of nitrogens with one attached hydrogen (secondary N) is 1. The lowest BCUT2D eigenvalue weighted by Gasteiger charge is -2.09. The lowest BCUT2D eigenvalue weighted by molar-refractivity contribution is -0.113. The van der Waals surface area contributed by atoms with Crippen molar-refractivity contribution in [2.24, 2.45) is 5.73 Å². The van der Waals surface area contributed by atoms with Gasteiger partial charge in [-0.25, -0.2) is 8.42 Å². The second-order valence-electron chi connectivity index (χ2n) is 4.39. The van der Waals surface area contributed by atoms with Crippen LogP contribution in [0, 0.1) is 6.92 Å². The number of sulfone groups is 1. The molecule has 0 bridgehead atoms. The van der Waals surface area contributed by atoms with Gasteiger partial charge >= 0.3 is 0 Å². The summed E-state index contributed by atoms with van der Waals surface area (Å²) in [6, 6.07) is 6.72. The molecule has 1 unspecified atom stereocenters. The number of amides is 1. The fraction of sp³-hybridized carbons (Fsp3) is 0.417. The molecule has 0 aliphatic rings. The lowest BCUT2D eigenvalue weighted by Crippen LogP contribution is -2.32. The molecule has 3 N–H and O–H groups in total. The number of nitrogens with two attached hydrogens (primary N) is 1. The average Bonchev–Trinajstić information content (AvgIpc) is 2.18. The van der Waals surface area contributed by atoms with Crippen LogP contribution in [0.5, 0.6) is 0 Å². The molecule has 1 rings (SSSR count). The predicted molar refractivity (Wildman–Crippen MR) is 72.1 cm³/mol. The van der Waals surface area contributed by atoms with E-state index >= 15 is 0 Å². The summed E-state index contributed by atoms with van der Waals surface area (Å²) in [6.45, 7) is 3.43. The summed E-state index contributed by atoms with van der Waals surface area (Å²) in [6.07, 6.45) is 0. The standard InChI is InChI=1S/C12H18N2O3S/c1-9-5-3-4-6-11(9)14-12(15)8-18(16,17)7-10(2)13/h3-6,10H,7-8,13H2,1-2H3,(H,14,15). The molecule has 0 aliphatic heterocycles. The van der Waals surface area contributed by atoms with Crippen LogP contribution in [0.4, 0.5) is 5.69 Å². The predicted octanol–water partition coefficient (Wildman–Crippen LogP) is 0.696. The van der Waals surface area contributed by atoms with Gasteiger partial charge in [0.2, 0.25) is 5.91 Å².